The van der Waals surface area contributed by atoms with Crippen LogP contribution in [0.2, 0.25) is 0 Å². The van der Waals surface area contributed by atoms with Gasteiger partial charge in [0.2, 0.25) is 0 Å². The van der Waals surface area contributed by atoms with Gasteiger partial charge in [-0.2, -0.15) is 11.8 Å². The zero-order chi connectivity index (χ0) is 12.1. The van der Waals surface area contributed by atoms with Crippen LogP contribution in [-0.4, -0.2) is 33.0 Å². The lowest BCUT2D eigenvalue weighted by Gasteiger charge is -2.04. The van der Waals surface area contributed by atoms with Crippen LogP contribution in [-0.2, 0) is 10.8 Å². The highest BCUT2D eigenvalue weighted by atomic mass is 32.2. The zero-order valence-electron chi connectivity index (χ0n) is 8.60. The van der Waals surface area contributed by atoms with Crippen LogP contribution in [0.4, 0.5) is 4.39 Å². The van der Waals surface area contributed by atoms with Gasteiger partial charge in [0.25, 0.3) is 0 Å². The Morgan fingerprint density at radius 3 is 2.81 bits per heavy atom. The topological polar surface area (TPSA) is 54.4 Å². The van der Waals surface area contributed by atoms with E-state index in [9.17, 15) is 13.4 Å². The van der Waals surface area contributed by atoms with Crippen molar-refractivity contribution in [3.63, 3.8) is 0 Å². The second-order valence-corrected chi connectivity index (χ2v) is 5.52. The summed E-state index contributed by atoms with van der Waals surface area (Å²) in [6.45, 7) is 0. The van der Waals surface area contributed by atoms with E-state index in [1.165, 1.54) is 11.8 Å². The molecule has 1 unspecified atom stereocenters. The van der Waals surface area contributed by atoms with E-state index in [-0.39, 0.29) is 10.5 Å². The zero-order valence-corrected chi connectivity index (χ0v) is 10.2. The van der Waals surface area contributed by atoms with Crippen molar-refractivity contribution in [2.24, 2.45) is 0 Å². The first-order valence-electron chi connectivity index (χ1n) is 4.46. The van der Waals surface area contributed by atoms with E-state index >= 15 is 0 Å². The summed E-state index contributed by atoms with van der Waals surface area (Å²) in [5.74, 6) is -0.808. The summed E-state index contributed by atoms with van der Waals surface area (Å²) in [6.07, 6.45) is 1.86. The molecule has 0 amide bonds. The number of benzene rings is 1. The van der Waals surface area contributed by atoms with E-state index in [0.29, 0.717) is 11.5 Å². The first kappa shape index (κ1) is 13.2. The normalized spacial score (nSPS) is 12.4. The molecule has 0 aliphatic heterocycles. The van der Waals surface area contributed by atoms with Gasteiger partial charge in [-0.1, -0.05) is 0 Å². The molecule has 0 saturated heterocycles. The summed E-state index contributed by atoms with van der Waals surface area (Å²) in [4.78, 5) is 10.6. The minimum Gasteiger partial charge on any atom is -0.478 e. The standard InChI is InChI=1S/C10H11FO3S2/c1-15-4-5-16(14)9-6-7(10(12)13)2-3-8(9)11/h2-3,6H,4-5H2,1H3,(H,12,13). The second-order valence-electron chi connectivity index (χ2n) is 2.99. The van der Waals surface area contributed by atoms with Gasteiger partial charge < -0.3 is 5.11 Å². The van der Waals surface area contributed by atoms with Gasteiger partial charge in [-0.05, 0) is 24.5 Å². The van der Waals surface area contributed by atoms with E-state index < -0.39 is 22.6 Å². The molecular formula is C10H11FO3S2. The van der Waals surface area contributed by atoms with Crippen molar-refractivity contribution in [2.75, 3.05) is 17.8 Å². The van der Waals surface area contributed by atoms with Crippen LogP contribution in [0.25, 0.3) is 0 Å². The van der Waals surface area contributed by atoms with Crippen LogP contribution in [0, 0.1) is 5.82 Å². The van der Waals surface area contributed by atoms with Crippen molar-refractivity contribution in [1.82, 2.24) is 0 Å². The van der Waals surface area contributed by atoms with Gasteiger partial charge in [0.05, 0.1) is 21.3 Å². The van der Waals surface area contributed by atoms with Crippen molar-refractivity contribution < 1.29 is 18.5 Å². The Labute approximate surface area is 99.5 Å². The third-order valence-corrected chi connectivity index (χ3v) is 4.15. The van der Waals surface area contributed by atoms with Gasteiger partial charge in [0, 0.05) is 11.5 Å². The van der Waals surface area contributed by atoms with Crippen molar-refractivity contribution >= 4 is 28.5 Å². The molecule has 1 aromatic rings. The fourth-order valence-electron chi connectivity index (χ4n) is 1.08. The molecular weight excluding hydrogens is 251 g/mol. The minimum absolute atomic E-state index is 0.0334. The maximum atomic E-state index is 13.3. The lowest BCUT2D eigenvalue weighted by atomic mass is 10.2. The lowest BCUT2D eigenvalue weighted by Crippen LogP contribution is -2.05. The molecule has 1 atom stereocenters. The van der Waals surface area contributed by atoms with Crippen molar-refractivity contribution in [1.29, 1.82) is 0 Å². The summed E-state index contributed by atoms with van der Waals surface area (Å²) < 4.78 is 25.0. The van der Waals surface area contributed by atoms with E-state index in [1.54, 1.807) is 0 Å². The molecule has 88 valence electrons. The summed E-state index contributed by atoms with van der Waals surface area (Å²) in [5.41, 5.74) is -0.0473. The van der Waals surface area contributed by atoms with Crippen molar-refractivity contribution in [3.05, 3.63) is 29.6 Å². The second kappa shape index (κ2) is 6.00. The number of hydrogen-bond donors (Lipinski definition) is 1. The molecule has 0 aliphatic rings. The van der Waals surface area contributed by atoms with Gasteiger partial charge in [-0.25, -0.2) is 9.18 Å². The highest BCUT2D eigenvalue weighted by Crippen LogP contribution is 2.15. The molecule has 0 heterocycles. The number of thioether (sulfide) groups is 1. The van der Waals surface area contributed by atoms with Crippen LogP contribution in [0.5, 0.6) is 0 Å². The van der Waals surface area contributed by atoms with E-state index in [2.05, 4.69) is 0 Å². The van der Waals surface area contributed by atoms with Crippen LogP contribution < -0.4 is 0 Å². The first-order chi connectivity index (χ1) is 7.56. The van der Waals surface area contributed by atoms with Gasteiger partial charge >= 0.3 is 5.97 Å². The van der Waals surface area contributed by atoms with Crippen LogP contribution >= 0.6 is 11.8 Å². The molecule has 0 aromatic heterocycles. The van der Waals surface area contributed by atoms with E-state index in [1.807, 2.05) is 6.26 Å². The Hall–Kier alpha value is -0.880. The van der Waals surface area contributed by atoms with Crippen molar-refractivity contribution in [2.45, 2.75) is 4.90 Å². The largest absolute Gasteiger partial charge is 0.478 e. The molecule has 0 bridgehead atoms. The number of carbonyl (C=O) groups is 1. The van der Waals surface area contributed by atoms with Crippen LogP contribution in [0.3, 0.4) is 0 Å². The van der Waals surface area contributed by atoms with Gasteiger partial charge in [0.1, 0.15) is 5.82 Å². The SMILES string of the molecule is CSCCS(=O)c1cc(C(=O)O)ccc1F. The average molecular weight is 262 g/mol. The summed E-state index contributed by atoms with van der Waals surface area (Å²) >= 11 is 1.51. The third-order valence-electron chi connectivity index (χ3n) is 1.90. The smallest absolute Gasteiger partial charge is 0.335 e. The monoisotopic (exact) mass is 262 g/mol. The quantitative estimate of drug-likeness (QED) is 0.881. The Morgan fingerprint density at radius 2 is 2.25 bits per heavy atom. The molecule has 1 rings (SSSR count). The number of aromatic carboxylic acids is 1. The Kier molecular flexibility index (Phi) is 4.95. The average Bonchev–Trinajstić information content (AvgIpc) is 2.26. The van der Waals surface area contributed by atoms with Crippen LogP contribution in [0.1, 0.15) is 10.4 Å². The number of hydrogen-bond acceptors (Lipinski definition) is 3. The minimum atomic E-state index is -1.48. The highest BCUT2D eigenvalue weighted by Gasteiger charge is 2.13. The molecule has 0 fully saturated rings. The summed E-state index contributed by atoms with van der Waals surface area (Å²) in [7, 11) is -1.48. The number of rotatable bonds is 5. The highest BCUT2D eigenvalue weighted by molar-refractivity contribution is 7.99. The molecule has 1 N–H and O–H groups in total. The molecule has 0 radical (unpaired) electrons. The number of halogens is 1. The van der Waals surface area contributed by atoms with E-state index in [0.717, 1.165) is 18.2 Å². The van der Waals surface area contributed by atoms with E-state index in [4.69, 9.17) is 5.11 Å². The Bertz CT molecular complexity index is 421. The summed E-state index contributed by atoms with van der Waals surface area (Å²) in [5, 5.41) is 8.73. The molecule has 3 nitrogen and oxygen atoms in total. The Morgan fingerprint density at radius 1 is 1.56 bits per heavy atom. The Balaban J connectivity index is 2.97. The number of carboxylic acids is 1. The molecule has 0 spiro atoms. The lowest BCUT2D eigenvalue weighted by molar-refractivity contribution is 0.0696. The van der Waals surface area contributed by atoms with Crippen LogP contribution in [0.15, 0.2) is 23.1 Å². The molecule has 0 aliphatic carbocycles. The van der Waals surface area contributed by atoms with Gasteiger partial charge in [0.15, 0.2) is 0 Å². The predicted octanol–water partition coefficient (Wildman–Crippen LogP) is 1.99. The fraction of sp³-hybridized carbons (Fsp3) is 0.300. The fourth-order valence-corrected chi connectivity index (χ4v) is 3.12. The van der Waals surface area contributed by atoms with Gasteiger partial charge in [-0.3, -0.25) is 4.21 Å². The predicted molar refractivity (Wildman–Crippen MR) is 63.0 cm³/mol. The maximum absolute atomic E-state index is 13.3. The first-order valence-corrected chi connectivity index (χ1v) is 7.17. The molecule has 1 aromatic carbocycles. The van der Waals surface area contributed by atoms with Gasteiger partial charge in [-0.15, -0.1) is 0 Å². The molecule has 16 heavy (non-hydrogen) atoms. The maximum Gasteiger partial charge on any atom is 0.335 e. The summed E-state index contributed by atoms with van der Waals surface area (Å²) in [6, 6.07) is 3.33. The molecule has 6 heteroatoms. The molecule has 0 saturated carbocycles. The van der Waals surface area contributed by atoms with Crippen molar-refractivity contribution in [3.8, 4) is 0 Å². The number of carboxylic acid groups (broad SMARTS) is 1. The third kappa shape index (κ3) is 3.31.